The van der Waals surface area contributed by atoms with E-state index in [1.165, 1.54) is 24.1 Å². The van der Waals surface area contributed by atoms with E-state index in [2.05, 4.69) is 0 Å². The molecule has 0 aromatic heterocycles. The van der Waals surface area contributed by atoms with E-state index in [9.17, 15) is 32.9 Å². The number of carbonyl (C=O) groups is 1. The van der Waals surface area contributed by atoms with E-state index in [-0.39, 0.29) is 22.6 Å². The number of ketones is 1. The van der Waals surface area contributed by atoms with Gasteiger partial charge in [0, 0.05) is 36.6 Å². The Labute approximate surface area is 128 Å². The molecule has 1 atom stereocenters. The molecule has 1 aromatic rings. The quantitative estimate of drug-likeness (QED) is 0.280. The number of non-ortho nitro benzene ring substituents is 1. The standard InChI is InChI=1S/C14H11F3N2O4/c15-14(16,17)18-5-4-10(7-12(18)8-20)13(21)9-2-1-3-11(6-9)19(22)23/h1-3,6,10H,4-5,7H2. The third-order valence-electron chi connectivity index (χ3n) is 3.60. The van der Waals surface area contributed by atoms with Crippen molar-refractivity contribution in [1.29, 1.82) is 0 Å². The van der Waals surface area contributed by atoms with Crippen molar-refractivity contribution in [2.75, 3.05) is 6.54 Å². The Hall–Kier alpha value is -2.67. The summed E-state index contributed by atoms with van der Waals surface area (Å²) in [5, 5.41) is 10.7. The van der Waals surface area contributed by atoms with Crippen molar-refractivity contribution >= 4 is 17.4 Å². The lowest BCUT2D eigenvalue weighted by Gasteiger charge is -2.34. The number of nitro groups is 1. The molecule has 0 spiro atoms. The molecule has 0 N–H and O–H groups in total. The van der Waals surface area contributed by atoms with E-state index in [0.29, 0.717) is 0 Å². The van der Waals surface area contributed by atoms with Crippen molar-refractivity contribution < 1.29 is 27.7 Å². The molecule has 6 nitrogen and oxygen atoms in total. The molecule has 0 radical (unpaired) electrons. The number of nitrogens with zero attached hydrogens (tertiary/aromatic N) is 2. The molecule has 1 saturated heterocycles. The average molecular weight is 328 g/mol. The van der Waals surface area contributed by atoms with E-state index in [4.69, 9.17) is 0 Å². The minimum atomic E-state index is -4.70. The van der Waals surface area contributed by atoms with Crippen molar-refractivity contribution in [2.45, 2.75) is 19.1 Å². The monoisotopic (exact) mass is 328 g/mol. The third kappa shape index (κ3) is 3.57. The Bertz CT molecular complexity index is 696. The maximum Gasteiger partial charge on any atom is 0.485 e. The summed E-state index contributed by atoms with van der Waals surface area (Å²) in [5.41, 5.74) is -0.878. The summed E-state index contributed by atoms with van der Waals surface area (Å²) in [6.07, 6.45) is -5.21. The lowest BCUT2D eigenvalue weighted by molar-refractivity contribution is -0.384. The number of piperidine rings is 1. The average Bonchev–Trinajstić information content (AvgIpc) is 2.52. The Kier molecular flexibility index (Phi) is 4.51. The molecule has 1 heterocycles. The molecule has 1 unspecified atom stereocenters. The smallest absolute Gasteiger partial charge is 0.294 e. The summed E-state index contributed by atoms with van der Waals surface area (Å²) < 4.78 is 38.2. The van der Waals surface area contributed by atoms with Gasteiger partial charge in [0.2, 0.25) is 0 Å². The van der Waals surface area contributed by atoms with E-state index in [0.717, 1.165) is 6.07 Å². The third-order valence-corrected chi connectivity index (χ3v) is 3.60. The van der Waals surface area contributed by atoms with E-state index >= 15 is 0 Å². The summed E-state index contributed by atoms with van der Waals surface area (Å²) >= 11 is 0. The van der Waals surface area contributed by atoms with Gasteiger partial charge in [-0.15, -0.1) is 0 Å². The molecule has 1 aliphatic heterocycles. The van der Waals surface area contributed by atoms with Gasteiger partial charge in [0.15, 0.2) is 5.78 Å². The van der Waals surface area contributed by atoms with Crippen molar-refractivity contribution in [2.24, 2.45) is 5.92 Å². The topological polar surface area (TPSA) is 80.5 Å². The van der Waals surface area contributed by atoms with Gasteiger partial charge in [-0.1, -0.05) is 12.1 Å². The number of likely N-dealkylation sites (tertiary alicyclic amines) is 1. The fourth-order valence-electron chi connectivity index (χ4n) is 2.47. The Balaban J connectivity index is 2.21. The fourth-order valence-corrected chi connectivity index (χ4v) is 2.47. The highest BCUT2D eigenvalue weighted by Crippen LogP contribution is 2.34. The predicted octanol–water partition coefficient (Wildman–Crippen LogP) is 2.72. The molecule has 2 rings (SSSR count). The van der Waals surface area contributed by atoms with Crippen molar-refractivity contribution in [3.63, 3.8) is 0 Å². The van der Waals surface area contributed by atoms with Gasteiger partial charge in [-0.05, 0) is 6.42 Å². The maximum absolute atomic E-state index is 12.7. The van der Waals surface area contributed by atoms with Gasteiger partial charge in [0.1, 0.15) is 11.6 Å². The normalized spacial score (nSPS) is 18.5. The molecule has 1 aliphatic rings. The van der Waals surface area contributed by atoms with E-state index < -0.39 is 41.6 Å². The van der Waals surface area contributed by atoms with E-state index in [1.807, 2.05) is 0 Å². The minimum absolute atomic E-state index is 0.0305. The van der Waals surface area contributed by atoms with Crippen LogP contribution >= 0.6 is 0 Å². The summed E-state index contributed by atoms with van der Waals surface area (Å²) in [6.45, 7) is -0.528. The van der Waals surface area contributed by atoms with Crippen LogP contribution in [-0.4, -0.2) is 34.4 Å². The van der Waals surface area contributed by atoms with Gasteiger partial charge in [-0.3, -0.25) is 19.8 Å². The van der Waals surface area contributed by atoms with Crippen LogP contribution in [0.4, 0.5) is 18.9 Å². The molecular weight excluding hydrogens is 317 g/mol. The molecule has 0 aliphatic carbocycles. The highest BCUT2D eigenvalue weighted by molar-refractivity contribution is 5.98. The van der Waals surface area contributed by atoms with Gasteiger partial charge < -0.3 is 0 Å². The van der Waals surface area contributed by atoms with Crippen molar-refractivity contribution in [3.8, 4) is 0 Å². The first-order valence-electron chi connectivity index (χ1n) is 6.61. The number of allylic oxidation sites excluding steroid dienone is 1. The minimum Gasteiger partial charge on any atom is -0.294 e. The molecule has 0 saturated carbocycles. The summed E-state index contributed by atoms with van der Waals surface area (Å²) in [5.74, 6) is -0.127. The number of hydrogen-bond acceptors (Lipinski definition) is 5. The Morgan fingerprint density at radius 2 is 2.09 bits per heavy atom. The summed E-state index contributed by atoms with van der Waals surface area (Å²) in [6, 6.07) is 4.96. The second kappa shape index (κ2) is 6.21. The van der Waals surface area contributed by atoms with Crippen LogP contribution in [0.5, 0.6) is 0 Å². The van der Waals surface area contributed by atoms with Crippen molar-refractivity contribution in [1.82, 2.24) is 4.90 Å². The first-order chi connectivity index (χ1) is 10.7. The molecule has 122 valence electrons. The zero-order chi connectivity index (χ0) is 17.2. The lowest BCUT2D eigenvalue weighted by atomic mass is 9.87. The largest absolute Gasteiger partial charge is 0.485 e. The number of rotatable bonds is 3. The second-order valence-corrected chi connectivity index (χ2v) is 5.03. The van der Waals surface area contributed by atoms with Crippen LogP contribution < -0.4 is 0 Å². The maximum atomic E-state index is 12.7. The van der Waals surface area contributed by atoms with Crippen LogP contribution in [0.25, 0.3) is 0 Å². The van der Waals surface area contributed by atoms with Crippen LogP contribution in [-0.2, 0) is 4.79 Å². The van der Waals surface area contributed by atoms with Gasteiger partial charge in [0.05, 0.1) is 4.92 Å². The van der Waals surface area contributed by atoms with Gasteiger partial charge in [-0.25, -0.2) is 4.79 Å². The number of nitro benzene ring substituents is 1. The van der Waals surface area contributed by atoms with Gasteiger partial charge in [-0.2, -0.15) is 13.2 Å². The molecule has 0 bridgehead atoms. The number of halogens is 3. The number of Topliss-reactive ketones (excluding diaryl/α,β-unsaturated/α-hetero) is 1. The Morgan fingerprint density at radius 1 is 1.39 bits per heavy atom. The summed E-state index contributed by atoms with van der Waals surface area (Å²) in [7, 11) is 0. The lowest BCUT2D eigenvalue weighted by Crippen LogP contribution is -2.43. The first-order valence-corrected chi connectivity index (χ1v) is 6.61. The van der Waals surface area contributed by atoms with Gasteiger partial charge in [0.25, 0.3) is 5.69 Å². The number of benzene rings is 1. The zero-order valence-electron chi connectivity index (χ0n) is 11.7. The molecule has 23 heavy (non-hydrogen) atoms. The molecule has 9 heteroatoms. The Morgan fingerprint density at radius 3 is 2.65 bits per heavy atom. The molecule has 1 fully saturated rings. The first kappa shape index (κ1) is 16.7. The van der Waals surface area contributed by atoms with Crippen molar-refractivity contribution in [3.05, 3.63) is 45.6 Å². The van der Waals surface area contributed by atoms with Crippen LogP contribution in [0.3, 0.4) is 0 Å². The summed E-state index contributed by atoms with van der Waals surface area (Å²) in [4.78, 5) is 33.1. The van der Waals surface area contributed by atoms with Crippen LogP contribution in [0.1, 0.15) is 23.2 Å². The SMILES string of the molecule is O=C=C1CC(C(=O)c2cccc([N+](=O)[O-])c2)CCN1C(F)(F)F. The zero-order valence-corrected chi connectivity index (χ0v) is 11.7. The highest BCUT2D eigenvalue weighted by Gasteiger charge is 2.43. The second-order valence-electron chi connectivity index (χ2n) is 5.03. The number of alkyl halides is 3. The molecule has 1 aromatic carbocycles. The van der Waals surface area contributed by atoms with Crippen LogP contribution in [0.2, 0.25) is 0 Å². The van der Waals surface area contributed by atoms with Crippen LogP contribution in [0.15, 0.2) is 30.0 Å². The number of carbonyl (C=O) groups excluding carboxylic acids is 2. The number of hydrogen-bond donors (Lipinski definition) is 0. The molecule has 0 amide bonds. The fraction of sp³-hybridized carbons (Fsp3) is 0.357. The highest BCUT2D eigenvalue weighted by atomic mass is 19.4. The van der Waals surface area contributed by atoms with Crippen LogP contribution in [0, 0.1) is 16.0 Å². The molecular formula is C14H11F3N2O4. The van der Waals surface area contributed by atoms with Gasteiger partial charge >= 0.3 is 6.30 Å². The van der Waals surface area contributed by atoms with E-state index in [1.54, 1.807) is 0 Å². The predicted molar refractivity (Wildman–Crippen MR) is 72.1 cm³/mol.